The van der Waals surface area contributed by atoms with Gasteiger partial charge in [-0.05, 0) is 31.0 Å². The van der Waals surface area contributed by atoms with Gasteiger partial charge in [-0.15, -0.1) is 0 Å². The van der Waals surface area contributed by atoms with Crippen LogP contribution in [0.5, 0.6) is 0 Å². The monoisotopic (exact) mass is 250 g/mol. The van der Waals surface area contributed by atoms with Gasteiger partial charge in [0.1, 0.15) is 0 Å². The maximum Gasteiger partial charge on any atom is 0.335 e. The zero-order chi connectivity index (χ0) is 13.4. The minimum Gasteiger partial charge on any atom is -0.478 e. The summed E-state index contributed by atoms with van der Waals surface area (Å²) in [4.78, 5) is 22.6. The molecule has 5 nitrogen and oxygen atoms in total. The predicted molar refractivity (Wildman–Crippen MR) is 68.4 cm³/mol. The number of amides is 1. The van der Waals surface area contributed by atoms with E-state index >= 15 is 0 Å². The van der Waals surface area contributed by atoms with Crippen LogP contribution in [-0.4, -0.2) is 30.1 Å². The van der Waals surface area contributed by atoms with Crippen molar-refractivity contribution < 1.29 is 14.7 Å². The van der Waals surface area contributed by atoms with Gasteiger partial charge in [0.15, 0.2) is 0 Å². The Labute approximate surface area is 106 Å². The van der Waals surface area contributed by atoms with E-state index in [0.29, 0.717) is 18.7 Å². The molecule has 0 aliphatic carbocycles. The number of nitrogens with one attached hydrogen (secondary N) is 1. The third kappa shape index (κ3) is 4.55. The highest BCUT2D eigenvalue weighted by molar-refractivity contribution is 5.91. The first-order chi connectivity index (χ1) is 8.65. The first-order valence-electron chi connectivity index (χ1n) is 5.93. The molecule has 0 atom stereocenters. The summed E-state index contributed by atoms with van der Waals surface area (Å²) in [5, 5.41) is 11.7. The van der Waals surface area contributed by atoms with Gasteiger partial charge in [-0.3, -0.25) is 4.79 Å². The van der Waals surface area contributed by atoms with Crippen molar-refractivity contribution >= 4 is 11.9 Å². The highest BCUT2D eigenvalue weighted by Gasteiger charge is 2.11. The van der Waals surface area contributed by atoms with E-state index < -0.39 is 5.97 Å². The summed E-state index contributed by atoms with van der Waals surface area (Å²) >= 11 is 0. The molecule has 0 fully saturated rings. The summed E-state index contributed by atoms with van der Waals surface area (Å²) in [6, 6.07) is 6.53. The largest absolute Gasteiger partial charge is 0.478 e. The average molecular weight is 250 g/mol. The zero-order valence-corrected chi connectivity index (χ0v) is 10.2. The van der Waals surface area contributed by atoms with Crippen molar-refractivity contribution in [1.29, 1.82) is 0 Å². The molecule has 0 aliphatic heterocycles. The van der Waals surface area contributed by atoms with Crippen LogP contribution in [0.25, 0.3) is 0 Å². The number of carboxylic acids is 1. The Bertz CT molecular complexity index is 418. The van der Waals surface area contributed by atoms with E-state index in [2.05, 4.69) is 5.32 Å². The van der Waals surface area contributed by atoms with Crippen molar-refractivity contribution in [1.82, 2.24) is 5.32 Å². The Kier molecular flexibility index (Phi) is 5.87. The highest BCUT2D eigenvalue weighted by atomic mass is 16.4. The van der Waals surface area contributed by atoms with Gasteiger partial charge in [-0.2, -0.15) is 0 Å². The molecule has 4 N–H and O–H groups in total. The van der Waals surface area contributed by atoms with Gasteiger partial charge < -0.3 is 16.2 Å². The molecule has 0 aromatic heterocycles. The Morgan fingerprint density at radius 1 is 1.22 bits per heavy atom. The van der Waals surface area contributed by atoms with Crippen LogP contribution in [0.2, 0.25) is 0 Å². The molecule has 1 aromatic rings. The number of rotatable bonds is 7. The smallest absolute Gasteiger partial charge is 0.335 e. The molecule has 1 aromatic carbocycles. The number of benzene rings is 1. The van der Waals surface area contributed by atoms with Crippen LogP contribution < -0.4 is 11.1 Å². The van der Waals surface area contributed by atoms with Crippen molar-refractivity contribution in [2.24, 2.45) is 5.73 Å². The van der Waals surface area contributed by atoms with Gasteiger partial charge in [-0.1, -0.05) is 18.2 Å². The lowest BCUT2D eigenvalue weighted by Crippen LogP contribution is -2.27. The fourth-order valence-corrected chi connectivity index (χ4v) is 1.62. The summed E-state index contributed by atoms with van der Waals surface area (Å²) < 4.78 is 0. The van der Waals surface area contributed by atoms with Crippen LogP contribution in [0.15, 0.2) is 24.3 Å². The Hall–Kier alpha value is -1.88. The average Bonchev–Trinajstić information content (AvgIpc) is 2.35. The second-order valence-corrected chi connectivity index (χ2v) is 3.98. The van der Waals surface area contributed by atoms with E-state index in [1.165, 1.54) is 6.07 Å². The molecule has 98 valence electrons. The summed E-state index contributed by atoms with van der Waals surface area (Å²) in [5.74, 6) is -1.18. The van der Waals surface area contributed by atoms with Crippen molar-refractivity contribution in [2.75, 3.05) is 13.1 Å². The summed E-state index contributed by atoms with van der Waals surface area (Å²) in [6.07, 6.45) is 1.79. The van der Waals surface area contributed by atoms with E-state index in [4.69, 9.17) is 10.8 Å². The lowest BCUT2D eigenvalue weighted by atomic mass is 10.0. The molecule has 0 bridgehead atoms. The quantitative estimate of drug-likeness (QED) is 0.623. The first-order valence-corrected chi connectivity index (χ1v) is 5.93. The summed E-state index contributed by atoms with van der Waals surface area (Å²) in [7, 11) is 0. The molecule has 18 heavy (non-hydrogen) atoms. The number of aromatic carboxylic acids is 1. The molecule has 5 heteroatoms. The number of nitrogens with two attached hydrogens (primary N) is 1. The van der Waals surface area contributed by atoms with E-state index in [1.807, 2.05) is 0 Å². The van der Waals surface area contributed by atoms with E-state index in [1.54, 1.807) is 18.2 Å². The Morgan fingerprint density at radius 3 is 2.61 bits per heavy atom. The van der Waals surface area contributed by atoms with Crippen molar-refractivity contribution in [3.8, 4) is 0 Å². The van der Waals surface area contributed by atoms with Gasteiger partial charge in [0.2, 0.25) is 5.91 Å². The molecule has 0 saturated heterocycles. The summed E-state index contributed by atoms with van der Waals surface area (Å²) in [6.45, 7) is 1.18. The van der Waals surface area contributed by atoms with Gasteiger partial charge >= 0.3 is 5.97 Å². The summed E-state index contributed by atoms with van der Waals surface area (Å²) in [5.41, 5.74) is 6.05. The van der Waals surface area contributed by atoms with Gasteiger partial charge in [0, 0.05) is 6.54 Å². The molecule has 1 rings (SSSR count). The topological polar surface area (TPSA) is 92.4 Å². The third-order valence-corrected chi connectivity index (χ3v) is 2.55. The third-order valence-electron chi connectivity index (χ3n) is 2.55. The van der Waals surface area contributed by atoms with Crippen LogP contribution in [0.1, 0.15) is 28.8 Å². The number of carboxylic acid groups (broad SMARTS) is 1. The fraction of sp³-hybridized carbons (Fsp3) is 0.385. The molecule has 0 saturated carbocycles. The van der Waals surface area contributed by atoms with Crippen LogP contribution in [0.3, 0.4) is 0 Å². The fourth-order valence-electron chi connectivity index (χ4n) is 1.62. The van der Waals surface area contributed by atoms with Gasteiger partial charge in [0.05, 0.1) is 12.0 Å². The number of hydrogen-bond donors (Lipinski definition) is 3. The highest BCUT2D eigenvalue weighted by Crippen LogP contribution is 2.09. The van der Waals surface area contributed by atoms with Gasteiger partial charge in [0.25, 0.3) is 0 Å². The molecule has 1 amide bonds. The minimum absolute atomic E-state index is 0.0884. The van der Waals surface area contributed by atoms with E-state index in [-0.39, 0.29) is 17.9 Å². The van der Waals surface area contributed by atoms with Crippen LogP contribution >= 0.6 is 0 Å². The first kappa shape index (κ1) is 14.2. The number of carbonyl (C=O) groups excluding carboxylic acids is 1. The van der Waals surface area contributed by atoms with Crippen LogP contribution in [0, 0.1) is 0 Å². The maximum absolute atomic E-state index is 11.6. The number of carbonyl (C=O) groups is 2. The maximum atomic E-state index is 11.6. The van der Waals surface area contributed by atoms with Crippen molar-refractivity contribution in [3.63, 3.8) is 0 Å². The lowest BCUT2D eigenvalue weighted by Gasteiger charge is -2.07. The van der Waals surface area contributed by atoms with E-state index in [0.717, 1.165) is 12.8 Å². The molecule has 0 spiro atoms. The minimum atomic E-state index is -1.01. The standard InChI is InChI=1S/C13H18N2O3/c14-7-3-4-8-15-12(16)9-10-5-1-2-6-11(10)13(17)18/h1-2,5-6H,3-4,7-9,14H2,(H,15,16)(H,17,18). The van der Waals surface area contributed by atoms with Crippen LogP contribution in [-0.2, 0) is 11.2 Å². The van der Waals surface area contributed by atoms with E-state index in [9.17, 15) is 9.59 Å². The SMILES string of the molecule is NCCCCNC(=O)Cc1ccccc1C(=O)O. The van der Waals surface area contributed by atoms with Crippen LogP contribution in [0.4, 0.5) is 0 Å². The van der Waals surface area contributed by atoms with Gasteiger partial charge in [-0.25, -0.2) is 4.79 Å². The Balaban J connectivity index is 2.51. The molecule has 0 heterocycles. The Morgan fingerprint density at radius 2 is 1.94 bits per heavy atom. The second-order valence-electron chi connectivity index (χ2n) is 3.98. The van der Waals surface area contributed by atoms with Crippen molar-refractivity contribution in [2.45, 2.75) is 19.3 Å². The second kappa shape index (κ2) is 7.45. The molecule has 0 unspecified atom stereocenters. The molecular weight excluding hydrogens is 232 g/mol. The number of hydrogen-bond acceptors (Lipinski definition) is 3. The molecule has 0 radical (unpaired) electrons. The predicted octanol–water partition coefficient (Wildman–Crippen LogP) is 0.782. The molecule has 0 aliphatic rings. The number of unbranched alkanes of at least 4 members (excludes halogenated alkanes) is 1. The van der Waals surface area contributed by atoms with Crippen molar-refractivity contribution in [3.05, 3.63) is 35.4 Å². The lowest BCUT2D eigenvalue weighted by molar-refractivity contribution is -0.120. The zero-order valence-electron chi connectivity index (χ0n) is 10.2. The molecular formula is C13H18N2O3. The normalized spacial score (nSPS) is 10.1.